The number of nitrogen functional groups attached to an aromatic ring is 1. The van der Waals surface area contributed by atoms with Gasteiger partial charge in [-0.25, -0.2) is 4.98 Å². The quantitative estimate of drug-likeness (QED) is 0.504. The lowest BCUT2D eigenvalue weighted by molar-refractivity contribution is -0.115. The van der Waals surface area contributed by atoms with Crippen molar-refractivity contribution in [3.8, 4) is 23.3 Å². The summed E-state index contributed by atoms with van der Waals surface area (Å²) in [6.45, 7) is 1.83. The number of hydrogen-bond acceptors (Lipinski definition) is 6. The first-order valence-corrected chi connectivity index (χ1v) is 10.7. The number of nitrogens with two attached hydrogens (primary N) is 1. The van der Waals surface area contributed by atoms with E-state index in [9.17, 15) is 15.3 Å². The number of hydrogen-bond donors (Lipinski definition) is 2. The van der Waals surface area contributed by atoms with Gasteiger partial charge in [0.1, 0.15) is 28.5 Å². The second-order valence-electron chi connectivity index (χ2n) is 6.58. The number of nitrogens with zero attached hydrogens (tertiary/aromatic N) is 3. The number of thioether (sulfide) groups is 1. The predicted molar refractivity (Wildman–Crippen MR) is 124 cm³/mol. The number of carbonyl (C=O) groups is 1. The fourth-order valence-corrected chi connectivity index (χ4v) is 4.10. The Morgan fingerprint density at radius 3 is 2.52 bits per heavy atom. The van der Waals surface area contributed by atoms with Crippen molar-refractivity contribution in [1.29, 1.82) is 10.5 Å². The highest BCUT2D eigenvalue weighted by Gasteiger charge is 2.20. The highest BCUT2D eigenvalue weighted by atomic mass is 35.5. The standard InChI is InChI=1S/C23H18ClN5OS/c1-14-18(24)8-5-9-19(14)28-20(30)10-11-31-23-17(13-26)21(15-6-3-2-4-7-15)16(12-25)22(27)29-23/h2-9H,10-11H2,1H3,(H2,27,29)(H,28,30). The summed E-state index contributed by atoms with van der Waals surface area (Å²) in [6, 6.07) is 18.6. The van der Waals surface area contributed by atoms with E-state index >= 15 is 0 Å². The SMILES string of the molecule is Cc1c(Cl)cccc1NC(=O)CCSc1nc(N)c(C#N)c(-c2ccccc2)c1C#N. The summed E-state index contributed by atoms with van der Waals surface area (Å²) in [5.74, 6) is 0.260. The maximum Gasteiger partial charge on any atom is 0.225 e. The minimum atomic E-state index is -0.179. The summed E-state index contributed by atoms with van der Waals surface area (Å²) in [7, 11) is 0. The molecule has 1 heterocycles. The Morgan fingerprint density at radius 2 is 1.84 bits per heavy atom. The molecule has 0 saturated heterocycles. The van der Waals surface area contributed by atoms with E-state index in [0.717, 1.165) is 5.56 Å². The molecule has 2 aromatic carbocycles. The van der Waals surface area contributed by atoms with Gasteiger partial charge in [-0.15, -0.1) is 11.8 Å². The molecule has 6 nitrogen and oxygen atoms in total. The monoisotopic (exact) mass is 447 g/mol. The first kappa shape index (κ1) is 22.2. The summed E-state index contributed by atoms with van der Waals surface area (Å²) in [4.78, 5) is 16.6. The number of halogens is 1. The summed E-state index contributed by atoms with van der Waals surface area (Å²) in [5.41, 5.74) is 9.07. The van der Waals surface area contributed by atoms with E-state index in [0.29, 0.717) is 32.6 Å². The van der Waals surface area contributed by atoms with Crippen LogP contribution in [0, 0.1) is 29.6 Å². The minimum absolute atomic E-state index is 0.0573. The Morgan fingerprint density at radius 1 is 1.13 bits per heavy atom. The second-order valence-corrected chi connectivity index (χ2v) is 8.07. The fourth-order valence-electron chi connectivity index (χ4n) is 2.99. The van der Waals surface area contributed by atoms with Gasteiger partial charge >= 0.3 is 0 Å². The van der Waals surface area contributed by atoms with E-state index in [-0.39, 0.29) is 29.3 Å². The van der Waals surface area contributed by atoms with Crippen molar-refractivity contribution >= 4 is 40.8 Å². The van der Waals surface area contributed by atoms with Gasteiger partial charge in [0.25, 0.3) is 0 Å². The summed E-state index contributed by atoms with van der Waals surface area (Å²) in [6.07, 6.45) is 0.198. The number of aromatic nitrogens is 1. The number of benzene rings is 2. The van der Waals surface area contributed by atoms with E-state index in [1.807, 2.05) is 37.3 Å². The lowest BCUT2D eigenvalue weighted by Gasteiger charge is -2.13. The van der Waals surface area contributed by atoms with Crippen LogP contribution in [-0.2, 0) is 4.79 Å². The molecule has 0 aliphatic carbocycles. The molecular weight excluding hydrogens is 430 g/mol. The summed E-state index contributed by atoms with van der Waals surface area (Å²) in [5, 5.41) is 23.2. The van der Waals surface area contributed by atoms with Crippen molar-refractivity contribution in [3.05, 3.63) is 70.2 Å². The highest BCUT2D eigenvalue weighted by Crippen LogP contribution is 2.35. The van der Waals surface area contributed by atoms with Crippen molar-refractivity contribution in [2.45, 2.75) is 18.4 Å². The molecule has 1 amide bonds. The van der Waals surface area contributed by atoms with E-state index in [2.05, 4.69) is 22.4 Å². The molecule has 3 rings (SSSR count). The van der Waals surface area contributed by atoms with Crippen LogP contribution in [0.2, 0.25) is 5.02 Å². The number of pyridine rings is 1. The number of nitrogens with one attached hydrogen (secondary N) is 1. The van der Waals surface area contributed by atoms with Gasteiger partial charge in [0.05, 0.1) is 5.56 Å². The van der Waals surface area contributed by atoms with Gasteiger partial charge in [0.2, 0.25) is 5.91 Å². The first-order chi connectivity index (χ1) is 15.0. The maximum atomic E-state index is 12.4. The summed E-state index contributed by atoms with van der Waals surface area (Å²) >= 11 is 7.34. The Balaban J connectivity index is 1.80. The highest BCUT2D eigenvalue weighted by molar-refractivity contribution is 7.99. The van der Waals surface area contributed by atoms with Crippen molar-refractivity contribution < 1.29 is 4.79 Å². The lowest BCUT2D eigenvalue weighted by Crippen LogP contribution is -2.13. The smallest absolute Gasteiger partial charge is 0.225 e. The van der Waals surface area contributed by atoms with Crippen LogP contribution in [0.4, 0.5) is 11.5 Å². The molecule has 0 fully saturated rings. The van der Waals surface area contributed by atoms with Gasteiger partial charge in [-0.05, 0) is 30.2 Å². The van der Waals surface area contributed by atoms with Gasteiger partial charge < -0.3 is 11.1 Å². The molecule has 0 aliphatic heterocycles. The predicted octanol–water partition coefficient (Wildman–Crippen LogP) is 5.16. The third-order valence-electron chi connectivity index (χ3n) is 4.59. The van der Waals surface area contributed by atoms with Crippen LogP contribution >= 0.6 is 23.4 Å². The van der Waals surface area contributed by atoms with Gasteiger partial charge in [0.15, 0.2) is 0 Å². The minimum Gasteiger partial charge on any atom is -0.383 e. The van der Waals surface area contributed by atoms with Gasteiger partial charge in [0, 0.05) is 28.4 Å². The number of carbonyl (C=O) groups excluding carboxylic acids is 1. The van der Waals surface area contributed by atoms with Gasteiger partial charge in [-0.2, -0.15) is 10.5 Å². The molecule has 154 valence electrons. The number of anilines is 2. The van der Waals surface area contributed by atoms with Crippen LogP contribution in [0.25, 0.3) is 11.1 Å². The van der Waals surface area contributed by atoms with Crippen LogP contribution in [0.3, 0.4) is 0 Å². The number of amides is 1. The largest absolute Gasteiger partial charge is 0.383 e. The Hall–Kier alpha value is -3.52. The molecule has 0 radical (unpaired) electrons. The van der Waals surface area contributed by atoms with Crippen LogP contribution in [0.5, 0.6) is 0 Å². The van der Waals surface area contributed by atoms with Gasteiger partial charge in [-0.1, -0.05) is 48.0 Å². The third kappa shape index (κ3) is 4.97. The Labute approximate surface area is 189 Å². The Bertz CT molecular complexity index is 1220. The van der Waals surface area contributed by atoms with Crippen LogP contribution in [0.15, 0.2) is 53.6 Å². The number of rotatable bonds is 6. The third-order valence-corrected chi connectivity index (χ3v) is 5.97. The molecule has 3 aromatic rings. The Kier molecular flexibility index (Phi) is 7.15. The van der Waals surface area contributed by atoms with E-state index in [4.69, 9.17) is 17.3 Å². The van der Waals surface area contributed by atoms with E-state index in [1.165, 1.54) is 11.8 Å². The zero-order chi connectivity index (χ0) is 22.4. The van der Waals surface area contributed by atoms with Gasteiger partial charge in [-0.3, -0.25) is 4.79 Å². The number of nitriles is 2. The van der Waals surface area contributed by atoms with Crippen molar-refractivity contribution in [2.75, 3.05) is 16.8 Å². The molecule has 0 unspecified atom stereocenters. The van der Waals surface area contributed by atoms with Crippen LogP contribution in [-0.4, -0.2) is 16.6 Å². The normalized spacial score (nSPS) is 10.2. The molecule has 0 bridgehead atoms. The van der Waals surface area contributed by atoms with E-state index < -0.39 is 0 Å². The lowest BCUT2D eigenvalue weighted by atomic mass is 9.97. The molecule has 31 heavy (non-hydrogen) atoms. The van der Waals surface area contributed by atoms with Crippen LogP contribution in [0.1, 0.15) is 23.1 Å². The molecular formula is C23H18ClN5OS. The molecule has 0 aliphatic rings. The zero-order valence-corrected chi connectivity index (χ0v) is 18.2. The molecule has 0 spiro atoms. The first-order valence-electron chi connectivity index (χ1n) is 9.33. The second kappa shape index (κ2) is 9.99. The van der Waals surface area contributed by atoms with Crippen molar-refractivity contribution in [2.24, 2.45) is 0 Å². The maximum absolute atomic E-state index is 12.4. The molecule has 8 heteroatoms. The molecule has 0 atom stereocenters. The average Bonchev–Trinajstić information content (AvgIpc) is 2.77. The van der Waals surface area contributed by atoms with Crippen molar-refractivity contribution in [1.82, 2.24) is 4.98 Å². The molecule has 0 saturated carbocycles. The fraction of sp³-hybridized carbons (Fsp3) is 0.130. The van der Waals surface area contributed by atoms with E-state index in [1.54, 1.807) is 18.2 Å². The molecule has 1 aromatic heterocycles. The summed E-state index contributed by atoms with van der Waals surface area (Å²) < 4.78 is 0. The van der Waals surface area contributed by atoms with Crippen molar-refractivity contribution in [3.63, 3.8) is 0 Å². The molecule has 3 N–H and O–H groups in total. The zero-order valence-electron chi connectivity index (χ0n) is 16.6. The topological polar surface area (TPSA) is 116 Å². The average molecular weight is 448 g/mol. The van der Waals surface area contributed by atoms with Crippen LogP contribution < -0.4 is 11.1 Å².